The molecule has 1 atom stereocenters. The van der Waals surface area contributed by atoms with Gasteiger partial charge < -0.3 is 4.74 Å². The first-order chi connectivity index (χ1) is 7.58. The monoisotopic (exact) mass is 260 g/mol. The first-order valence-corrected chi connectivity index (χ1v) is 5.89. The maximum Gasteiger partial charge on any atom is 0.142 e. The summed E-state index contributed by atoms with van der Waals surface area (Å²) in [6, 6.07) is 3.82. The lowest BCUT2D eigenvalue weighted by Gasteiger charge is -2.29. The van der Waals surface area contributed by atoms with Crippen LogP contribution in [0.1, 0.15) is 18.0 Å². The number of hydrogen-bond donors (Lipinski definition) is 1. The number of benzene rings is 1. The van der Waals surface area contributed by atoms with Gasteiger partial charge in [-0.25, -0.2) is 5.43 Å². The number of rotatable bonds is 2. The number of nitrogens with zero attached hydrogens (tertiary/aromatic N) is 1. The van der Waals surface area contributed by atoms with Gasteiger partial charge in [-0.05, 0) is 12.1 Å². The Bertz CT molecular complexity index is 396. The first-order valence-electron chi connectivity index (χ1n) is 5.13. The van der Waals surface area contributed by atoms with E-state index in [1.54, 1.807) is 6.07 Å². The van der Waals surface area contributed by atoms with E-state index in [0.717, 1.165) is 17.7 Å². The second-order valence-electron chi connectivity index (χ2n) is 4.02. The van der Waals surface area contributed by atoms with Gasteiger partial charge in [0.25, 0.3) is 0 Å². The molecule has 1 heterocycles. The van der Waals surface area contributed by atoms with Crippen molar-refractivity contribution in [2.75, 3.05) is 20.7 Å². The van der Waals surface area contributed by atoms with Crippen LogP contribution in [0.4, 0.5) is 0 Å². The average molecular weight is 261 g/mol. The molecule has 88 valence electrons. The van der Waals surface area contributed by atoms with E-state index >= 15 is 0 Å². The standard InChI is InChI=1S/C11H14Cl2N2O/c1-15(2)14-10-3-4-16-11-8(10)5-7(12)6-9(11)13/h5-6,10,14H,3-4H2,1-2H3. The molecule has 0 aliphatic carbocycles. The van der Waals surface area contributed by atoms with E-state index in [0.29, 0.717) is 16.7 Å². The summed E-state index contributed by atoms with van der Waals surface area (Å²) in [7, 11) is 3.92. The van der Waals surface area contributed by atoms with Crippen molar-refractivity contribution in [1.29, 1.82) is 0 Å². The van der Waals surface area contributed by atoms with Crippen molar-refractivity contribution < 1.29 is 4.74 Å². The van der Waals surface area contributed by atoms with Crippen molar-refractivity contribution in [2.24, 2.45) is 0 Å². The molecule has 1 aliphatic heterocycles. The highest BCUT2D eigenvalue weighted by Crippen LogP contribution is 2.39. The smallest absolute Gasteiger partial charge is 0.142 e. The van der Waals surface area contributed by atoms with Crippen LogP contribution in [0.25, 0.3) is 0 Å². The molecule has 1 aromatic rings. The topological polar surface area (TPSA) is 24.5 Å². The molecule has 3 nitrogen and oxygen atoms in total. The van der Waals surface area contributed by atoms with Crippen LogP contribution in [0.3, 0.4) is 0 Å². The molecule has 0 bridgehead atoms. The van der Waals surface area contributed by atoms with Gasteiger partial charge in [0, 0.05) is 31.1 Å². The Balaban J connectivity index is 2.37. The van der Waals surface area contributed by atoms with Gasteiger partial charge in [-0.3, -0.25) is 5.01 Å². The fourth-order valence-electron chi connectivity index (χ4n) is 1.87. The van der Waals surface area contributed by atoms with Gasteiger partial charge >= 0.3 is 0 Å². The largest absolute Gasteiger partial charge is 0.492 e. The van der Waals surface area contributed by atoms with E-state index in [-0.39, 0.29) is 6.04 Å². The summed E-state index contributed by atoms with van der Waals surface area (Å²) in [6.45, 7) is 0.667. The highest BCUT2D eigenvalue weighted by Gasteiger charge is 2.24. The van der Waals surface area contributed by atoms with Crippen LogP contribution in [0.15, 0.2) is 12.1 Å². The molecule has 0 fully saturated rings. The molecule has 1 unspecified atom stereocenters. The number of halogens is 2. The van der Waals surface area contributed by atoms with Gasteiger partial charge in [0.15, 0.2) is 0 Å². The van der Waals surface area contributed by atoms with E-state index in [4.69, 9.17) is 27.9 Å². The van der Waals surface area contributed by atoms with Crippen molar-refractivity contribution in [3.8, 4) is 5.75 Å². The van der Waals surface area contributed by atoms with Gasteiger partial charge in [-0.2, -0.15) is 0 Å². The predicted molar refractivity (Wildman–Crippen MR) is 66.1 cm³/mol. The Morgan fingerprint density at radius 1 is 1.38 bits per heavy atom. The third-order valence-corrected chi connectivity index (χ3v) is 2.98. The molecule has 1 N–H and O–H groups in total. The minimum absolute atomic E-state index is 0.204. The molecule has 1 aromatic carbocycles. The van der Waals surface area contributed by atoms with Crippen molar-refractivity contribution in [3.05, 3.63) is 27.7 Å². The Morgan fingerprint density at radius 3 is 2.81 bits per heavy atom. The summed E-state index contributed by atoms with van der Waals surface area (Å²) in [6.07, 6.45) is 0.905. The van der Waals surface area contributed by atoms with Gasteiger partial charge in [-0.15, -0.1) is 0 Å². The average Bonchev–Trinajstić information content (AvgIpc) is 2.18. The molecule has 0 aromatic heterocycles. The van der Waals surface area contributed by atoms with Crippen LogP contribution in [0, 0.1) is 0 Å². The summed E-state index contributed by atoms with van der Waals surface area (Å²) in [5.74, 6) is 0.747. The lowest BCUT2D eigenvalue weighted by molar-refractivity contribution is 0.184. The maximum absolute atomic E-state index is 6.10. The van der Waals surface area contributed by atoms with Crippen molar-refractivity contribution in [3.63, 3.8) is 0 Å². The van der Waals surface area contributed by atoms with Crippen LogP contribution < -0.4 is 10.2 Å². The molecule has 0 radical (unpaired) electrons. The number of nitrogens with one attached hydrogen (secondary N) is 1. The van der Waals surface area contributed by atoms with Crippen LogP contribution in [0.2, 0.25) is 10.0 Å². The normalized spacial score (nSPS) is 19.4. The van der Waals surface area contributed by atoms with E-state index < -0.39 is 0 Å². The summed E-state index contributed by atoms with van der Waals surface area (Å²) in [5, 5.41) is 3.14. The molecule has 2 rings (SSSR count). The first kappa shape index (κ1) is 12.0. The minimum atomic E-state index is 0.204. The Labute approximate surface area is 105 Å². The van der Waals surface area contributed by atoms with E-state index in [1.165, 1.54) is 0 Å². The number of fused-ring (bicyclic) bond motifs is 1. The molecular weight excluding hydrogens is 247 g/mol. The third-order valence-electron chi connectivity index (χ3n) is 2.48. The molecular formula is C11H14Cl2N2O. The zero-order valence-electron chi connectivity index (χ0n) is 9.26. The van der Waals surface area contributed by atoms with E-state index in [9.17, 15) is 0 Å². The zero-order chi connectivity index (χ0) is 11.7. The third kappa shape index (κ3) is 2.43. The molecule has 0 saturated heterocycles. The molecule has 1 aliphatic rings. The summed E-state index contributed by atoms with van der Waals surface area (Å²) in [4.78, 5) is 0. The molecule has 0 amide bonds. The Kier molecular flexibility index (Phi) is 3.60. The highest BCUT2D eigenvalue weighted by molar-refractivity contribution is 6.35. The SMILES string of the molecule is CN(C)NC1CCOc2c(Cl)cc(Cl)cc21. The van der Waals surface area contributed by atoms with E-state index in [1.807, 2.05) is 25.2 Å². The van der Waals surface area contributed by atoms with E-state index in [2.05, 4.69) is 5.43 Å². The van der Waals surface area contributed by atoms with Crippen molar-refractivity contribution in [2.45, 2.75) is 12.5 Å². The van der Waals surface area contributed by atoms with Crippen LogP contribution in [0.5, 0.6) is 5.75 Å². The summed E-state index contributed by atoms with van der Waals surface area (Å²) >= 11 is 12.1. The fourth-order valence-corrected chi connectivity index (χ4v) is 2.44. The van der Waals surface area contributed by atoms with Gasteiger partial charge in [0.1, 0.15) is 5.75 Å². The number of hydrogen-bond acceptors (Lipinski definition) is 3. The quantitative estimate of drug-likeness (QED) is 0.828. The van der Waals surface area contributed by atoms with Crippen LogP contribution in [-0.4, -0.2) is 25.7 Å². The molecule has 16 heavy (non-hydrogen) atoms. The van der Waals surface area contributed by atoms with Crippen LogP contribution >= 0.6 is 23.2 Å². The lowest BCUT2D eigenvalue weighted by atomic mass is 10.0. The van der Waals surface area contributed by atoms with Crippen molar-refractivity contribution in [1.82, 2.24) is 10.4 Å². The van der Waals surface area contributed by atoms with Gasteiger partial charge in [0.05, 0.1) is 17.7 Å². The minimum Gasteiger partial charge on any atom is -0.492 e. The second kappa shape index (κ2) is 4.80. The second-order valence-corrected chi connectivity index (χ2v) is 4.86. The summed E-state index contributed by atoms with van der Waals surface area (Å²) in [5.41, 5.74) is 4.35. The van der Waals surface area contributed by atoms with Crippen LogP contribution in [-0.2, 0) is 0 Å². The fraction of sp³-hybridized carbons (Fsp3) is 0.455. The Morgan fingerprint density at radius 2 is 2.12 bits per heavy atom. The predicted octanol–water partition coefficient (Wildman–Crippen LogP) is 2.88. The van der Waals surface area contributed by atoms with Gasteiger partial charge in [0.2, 0.25) is 0 Å². The molecule has 5 heteroatoms. The maximum atomic E-state index is 6.10. The van der Waals surface area contributed by atoms with Crippen molar-refractivity contribution >= 4 is 23.2 Å². The Hall–Kier alpha value is -0.480. The summed E-state index contributed by atoms with van der Waals surface area (Å²) < 4.78 is 5.57. The lowest BCUT2D eigenvalue weighted by Crippen LogP contribution is -2.36. The number of ether oxygens (including phenoxy) is 1. The van der Waals surface area contributed by atoms with Gasteiger partial charge in [-0.1, -0.05) is 23.2 Å². The number of hydrazine groups is 1. The zero-order valence-corrected chi connectivity index (χ0v) is 10.8. The molecule has 0 spiro atoms. The molecule has 0 saturated carbocycles. The highest BCUT2D eigenvalue weighted by atomic mass is 35.5.